The Balaban J connectivity index is 1.98. The van der Waals surface area contributed by atoms with Crippen molar-refractivity contribution in [1.29, 1.82) is 0 Å². The van der Waals surface area contributed by atoms with Gasteiger partial charge in [-0.3, -0.25) is 5.32 Å². The predicted octanol–water partition coefficient (Wildman–Crippen LogP) is 6.10. The summed E-state index contributed by atoms with van der Waals surface area (Å²) >= 11 is 0. The average Bonchev–Trinajstić information content (AvgIpc) is 2.90. The molecular formula is C31H32F2N2O. The van der Waals surface area contributed by atoms with Crippen LogP contribution in [0, 0.1) is 11.6 Å². The standard InChI is InChI=1S/C31H32F2N2O/c1-30(2,22-36)35-31(25-13-17-27(32)18-14-25,26-15-19-28(33)20-16-26)29(24-11-7-4-8-12-24)34-21-23-9-5-3-6-10-23/h3-20,29,34-36H,21-22H2,1-2H3. The number of aliphatic hydroxyl groups is 1. The second-order valence-corrected chi connectivity index (χ2v) is 9.70. The zero-order valence-electron chi connectivity index (χ0n) is 20.6. The third-order valence-electron chi connectivity index (χ3n) is 6.45. The molecule has 0 fully saturated rings. The van der Waals surface area contributed by atoms with Crippen molar-refractivity contribution < 1.29 is 13.9 Å². The van der Waals surface area contributed by atoms with Gasteiger partial charge in [-0.1, -0.05) is 84.9 Å². The zero-order valence-corrected chi connectivity index (χ0v) is 20.6. The van der Waals surface area contributed by atoms with Gasteiger partial charge in [0, 0.05) is 12.1 Å². The van der Waals surface area contributed by atoms with Gasteiger partial charge in [-0.15, -0.1) is 0 Å². The van der Waals surface area contributed by atoms with E-state index >= 15 is 0 Å². The van der Waals surface area contributed by atoms with E-state index in [9.17, 15) is 13.9 Å². The number of halogens is 2. The van der Waals surface area contributed by atoms with E-state index in [1.165, 1.54) is 24.3 Å². The van der Waals surface area contributed by atoms with Crippen molar-refractivity contribution >= 4 is 0 Å². The summed E-state index contributed by atoms with van der Waals surface area (Å²) in [4.78, 5) is 0. The van der Waals surface area contributed by atoms with Crippen molar-refractivity contribution in [1.82, 2.24) is 10.6 Å². The van der Waals surface area contributed by atoms with Crippen molar-refractivity contribution in [2.75, 3.05) is 6.61 Å². The summed E-state index contributed by atoms with van der Waals surface area (Å²) in [6.45, 7) is 4.24. The number of hydrogen-bond donors (Lipinski definition) is 3. The Morgan fingerprint density at radius 1 is 0.694 bits per heavy atom. The maximum Gasteiger partial charge on any atom is 0.123 e. The number of aliphatic hydroxyl groups excluding tert-OH is 1. The lowest BCUT2D eigenvalue weighted by Gasteiger charge is -2.48. The van der Waals surface area contributed by atoms with Crippen LogP contribution < -0.4 is 10.6 Å². The topological polar surface area (TPSA) is 44.3 Å². The summed E-state index contributed by atoms with van der Waals surface area (Å²) < 4.78 is 28.2. The van der Waals surface area contributed by atoms with E-state index in [4.69, 9.17) is 0 Å². The molecule has 0 amide bonds. The molecule has 4 aromatic carbocycles. The monoisotopic (exact) mass is 486 g/mol. The van der Waals surface area contributed by atoms with Crippen LogP contribution in [0.4, 0.5) is 8.78 Å². The number of hydrogen-bond acceptors (Lipinski definition) is 3. The first-order chi connectivity index (χ1) is 17.3. The molecule has 5 heteroatoms. The van der Waals surface area contributed by atoms with Crippen molar-refractivity contribution in [2.45, 2.75) is 37.5 Å². The van der Waals surface area contributed by atoms with E-state index in [0.29, 0.717) is 6.54 Å². The molecule has 36 heavy (non-hydrogen) atoms. The summed E-state index contributed by atoms with van der Waals surface area (Å²) in [5.41, 5.74) is 1.93. The second kappa shape index (κ2) is 11.1. The fourth-order valence-electron chi connectivity index (χ4n) is 4.70. The summed E-state index contributed by atoms with van der Waals surface area (Å²) in [6, 6.07) is 32.4. The molecule has 0 aliphatic rings. The molecule has 0 heterocycles. The lowest BCUT2D eigenvalue weighted by molar-refractivity contribution is 0.134. The molecular weight excluding hydrogens is 454 g/mol. The Bertz CT molecular complexity index is 1180. The molecule has 186 valence electrons. The van der Waals surface area contributed by atoms with E-state index < -0.39 is 11.1 Å². The van der Waals surface area contributed by atoms with Crippen LogP contribution in [-0.4, -0.2) is 17.3 Å². The normalized spacial score (nSPS) is 12.9. The minimum atomic E-state index is -0.996. The van der Waals surface area contributed by atoms with Gasteiger partial charge in [-0.25, -0.2) is 8.78 Å². The Labute approximate surface area is 211 Å². The average molecular weight is 487 g/mol. The quantitative estimate of drug-likeness (QED) is 0.254. The maximum atomic E-state index is 14.1. The Hall–Kier alpha value is -3.38. The van der Waals surface area contributed by atoms with Crippen LogP contribution in [0.3, 0.4) is 0 Å². The molecule has 3 N–H and O–H groups in total. The summed E-state index contributed by atoms with van der Waals surface area (Å²) in [6.07, 6.45) is 0. The fraction of sp³-hybridized carbons (Fsp3) is 0.226. The van der Waals surface area contributed by atoms with Gasteiger partial charge in [-0.2, -0.15) is 0 Å². The van der Waals surface area contributed by atoms with Gasteiger partial charge in [-0.05, 0) is 60.4 Å². The van der Waals surface area contributed by atoms with Crippen LogP contribution in [0.2, 0.25) is 0 Å². The van der Waals surface area contributed by atoms with Crippen LogP contribution in [0.15, 0.2) is 109 Å². The van der Waals surface area contributed by atoms with Gasteiger partial charge in [0.1, 0.15) is 11.6 Å². The van der Waals surface area contributed by atoms with Gasteiger partial charge in [0.05, 0.1) is 18.2 Å². The first-order valence-electron chi connectivity index (χ1n) is 12.1. The SMILES string of the molecule is CC(C)(CO)NC(c1ccc(F)cc1)(c1ccc(F)cc1)C(NCc1ccccc1)c1ccccc1. The van der Waals surface area contributed by atoms with Crippen LogP contribution in [0.1, 0.15) is 42.1 Å². The highest BCUT2D eigenvalue weighted by Crippen LogP contribution is 2.43. The Kier molecular flexibility index (Phi) is 7.94. The second-order valence-electron chi connectivity index (χ2n) is 9.70. The molecule has 1 atom stereocenters. The molecule has 0 bridgehead atoms. The third kappa shape index (κ3) is 5.71. The highest BCUT2D eigenvalue weighted by Gasteiger charge is 2.46. The van der Waals surface area contributed by atoms with E-state index in [1.54, 1.807) is 24.3 Å². The van der Waals surface area contributed by atoms with Gasteiger partial charge in [0.2, 0.25) is 0 Å². The minimum Gasteiger partial charge on any atom is -0.394 e. The summed E-state index contributed by atoms with van der Waals surface area (Å²) in [5, 5.41) is 17.7. The lowest BCUT2D eigenvalue weighted by atomic mass is 9.72. The molecule has 0 spiro atoms. The largest absolute Gasteiger partial charge is 0.394 e. The van der Waals surface area contributed by atoms with E-state index in [-0.39, 0.29) is 24.3 Å². The predicted molar refractivity (Wildman–Crippen MR) is 140 cm³/mol. The minimum absolute atomic E-state index is 0.142. The molecule has 0 aliphatic carbocycles. The van der Waals surface area contributed by atoms with E-state index in [1.807, 2.05) is 62.4 Å². The van der Waals surface area contributed by atoms with Crippen molar-refractivity contribution in [3.63, 3.8) is 0 Å². The molecule has 4 aromatic rings. The van der Waals surface area contributed by atoms with E-state index in [0.717, 1.165) is 22.3 Å². The van der Waals surface area contributed by atoms with Gasteiger partial charge >= 0.3 is 0 Å². The van der Waals surface area contributed by atoms with Crippen molar-refractivity contribution in [3.05, 3.63) is 143 Å². The van der Waals surface area contributed by atoms with Crippen molar-refractivity contribution in [2.24, 2.45) is 0 Å². The number of benzene rings is 4. The van der Waals surface area contributed by atoms with Crippen LogP contribution in [0.5, 0.6) is 0 Å². The van der Waals surface area contributed by atoms with Gasteiger partial charge in [0.25, 0.3) is 0 Å². The van der Waals surface area contributed by atoms with Gasteiger partial charge in [0.15, 0.2) is 0 Å². The maximum absolute atomic E-state index is 14.1. The van der Waals surface area contributed by atoms with E-state index in [2.05, 4.69) is 22.8 Å². The van der Waals surface area contributed by atoms with Crippen LogP contribution in [0.25, 0.3) is 0 Å². The molecule has 0 radical (unpaired) electrons. The fourth-order valence-corrected chi connectivity index (χ4v) is 4.70. The molecule has 4 rings (SSSR count). The number of rotatable bonds is 10. The molecule has 0 aliphatic heterocycles. The van der Waals surface area contributed by atoms with Gasteiger partial charge < -0.3 is 10.4 Å². The Morgan fingerprint density at radius 3 is 1.64 bits per heavy atom. The molecule has 3 nitrogen and oxygen atoms in total. The Morgan fingerprint density at radius 2 is 1.17 bits per heavy atom. The summed E-state index contributed by atoms with van der Waals surface area (Å²) in [7, 11) is 0. The smallest absolute Gasteiger partial charge is 0.123 e. The summed E-state index contributed by atoms with van der Waals surface area (Å²) in [5.74, 6) is -0.691. The highest BCUT2D eigenvalue weighted by molar-refractivity contribution is 5.45. The molecule has 0 aromatic heterocycles. The lowest BCUT2D eigenvalue weighted by Crippen LogP contribution is -2.60. The van der Waals surface area contributed by atoms with Crippen LogP contribution in [-0.2, 0) is 12.1 Å². The molecule has 1 unspecified atom stereocenters. The molecule has 0 saturated carbocycles. The van der Waals surface area contributed by atoms with Crippen molar-refractivity contribution in [3.8, 4) is 0 Å². The number of nitrogens with one attached hydrogen (secondary N) is 2. The third-order valence-corrected chi connectivity index (χ3v) is 6.45. The van der Waals surface area contributed by atoms with Crippen LogP contribution >= 0.6 is 0 Å². The molecule has 0 saturated heterocycles. The first-order valence-corrected chi connectivity index (χ1v) is 12.1. The first kappa shape index (κ1) is 25.7. The zero-order chi connectivity index (χ0) is 25.6. The highest BCUT2D eigenvalue weighted by atomic mass is 19.1.